The smallest absolute Gasteiger partial charge is 0.265 e. The van der Waals surface area contributed by atoms with Crippen LogP contribution in [-0.4, -0.2) is 5.91 Å². The zero-order valence-electron chi connectivity index (χ0n) is 11.7. The van der Waals surface area contributed by atoms with Crippen LogP contribution in [0.4, 0.5) is 0 Å². The molecule has 0 aliphatic carbocycles. The van der Waals surface area contributed by atoms with E-state index in [-0.39, 0.29) is 5.91 Å². The minimum Gasteiger partial charge on any atom is -0.489 e. The Bertz CT molecular complexity index is 627. The minimum absolute atomic E-state index is 0.312. The van der Waals surface area contributed by atoms with E-state index in [9.17, 15) is 4.79 Å². The van der Waals surface area contributed by atoms with Gasteiger partial charge in [0.25, 0.3) is 5.91 Å². The molecule has 0 bridgehead atoms. The fourth-order valence-electron chi connectivity index (χ4n) is 1.91. The Morgan fingerprint density at radius 3 is 2.57 bits per heavy atom. The summed E-state index contributed by atoms with van der Waals surface area (Å²) < 4.78 is 5.73. The molecule has 3 N–H and O–H groups in total. The van der Waals surface area contributed by atoms with E-state index in [2.05, 4.69) is 5.43 Å². The maximum atomic E-state index is 11.3. The SMILES string of the molecule is CCc1cc(OCc2ccc(C(=O)NN)cc2)ccc1Cl. The maximum absolute atomic E-state index is 11.3. The van der Waals surface area contributed by atoms with Gasteiger partial charge in [-0.15, -0.1) is 0 Å². The van der Waals surface area contributed by atoms with Gasteiger partial charge in [0.2, 0.25) is 0 Å². The van der Waals surface area contributed by atoms with Crippen LogP contribution < -0.4 is 16.0 Å². The van der Waals surface area contributed by atoms with Crippen molar-refractivity contribution >= 4 is 17.5 Å². The molecule has 0 aliphatic heterocycles. The minimum atomic E-state index is -0.312. The largest absolute Gasteiger partial charge is 0.489 e. The quantitative estimate of drug-likeness (QED) is 0.507. The summed E-state index contributed by atoms with van der Waals surface area (Å²) in [6.07, 6.45) is 0.860. The van der Waals surface area contributed by atoms with Gasteiger partial charge in [-0.25, -0.2) is 5.84 Å². The van der Waals surface area contributed by atoms with Gasteiger partial charge in [-0.1, -0.05) is 30.7 Å². The highest BCUT2D eigenvalue weighted by Gasteiger charge is 2.04. The fourth-order valence-corrected chi connectivity index (χ4v) is 2.17. The van der Waals surface area contributed by atoms with Crippen molar-refractivity contribution in [2.75, 3.05) is 0 Å². The molecule has 2 aromatic rings. The number of nitrogens with two attached hydrogens (primary N) is 1. The van der Waals surface area contributed by atoms with Gasteiger partial charge >= 0.3 is 0 Å². The van der Waals surface area contributed by atoms with Crippen molar-refractivity contribution < 1.29 is 9.53 Å². The lowest BCUT2D eigenvalue weighted by Gasteiger charge is -2.09. The van der Waals surface area contributed by atoms with Crippen molar-refractivity contribution in [3.05, 3.63) is 64.2 Å². The number of rotatable bonds is 5. The Morgan fingerprint density at radius 2 is 1.95 bits per heavy atom. The van der Waals surface area contributed by atoms with Gasteiger partial charge in [-0.05, 0) is 47.9 Å². The van der Waals surface area contributed by atoms with E-state index >= 15 is 0 Å². The molecule has 5 heteroatoms. The lowest BCUT2D eigenvalue weighted by Crippen LogP contribution is -2.29. The first-order chi connectivity index (χ1) is 10.1. The first kappa shape index (κ1) is 15.4. The van der Waals surface area contributed by atoms with Crippen LogP contribution in [0.25, 0.3) is 0 Å². The fraction of sp³-hybridized carbons (Fsp3) is 0.188. The Morgan fingerprint density at radius 1 is 1.24 bits per heavy atom. The third-order valence-electron chi connectivity index (χ3n) is 3.15. The van der Waals surface area contributed by atoms with Gasteiger partial charge in [-0.3, -0.25) is 10.2 Å². The van der Waals surface area contributed by atoms with Crippen LogP contribution in [0.3, 0.4) is 0 Å². The van der Waals surface area contributed by atoms with Crippen molar-refractivity contribution in [1.82, 2.24) is 5.43 Å². The summed E-state index contributed by atoms with van der Waals surface area (Å²) in [6.45, 7) is 2.47. The van der Waals surface area contributed by atoms with Crippen LogP contribution in [0, 0.1) is 0 Å². The molecule has 2 rings (SSSR count). The van der Waals surface area contributed by atoms with E-state index < -0.39 is 0 Å². The van der Waals surface area contributed by atoms with E-state index in [1.807, 2.05) is 37.3 Å². The van der Waals surface area contributed by atoms with Gasteiger partial charge in [0, 0.05) is 10.6 Å². The number of hydrogen-bond acceptors (Lipinski definition) is 3. The monoisotopic (exact) mass is 304 g/mol. The van der Waals surface area contributed by atoms with Crippen LogP contribution in [0.1, 0.15) is 28.4 Å². The van der Waals surface area contributed by atoms with E-state index in [1.165, 1.54) is 0 Å². The molecule has 0 radical (unpaired) electrons. The zero-order chi connectivity index (χ0) is 15.2. The molecule has 0 saturated carbocycles. The molecule has 0 aliphatic rings. The van der Waals surface area contributed by atoms with Gasteiger partial charge < -0.3 is 4.74 Å². The van der Waals surface area contributed by atoms with E-state index in [4.69, 9.17) is 22.2 Å². The van der Waals surface area contributed by atoms with E-state index in [0.29, 0.717) is 12.2 Å². The van der Waals surface area contributed by atoms with Gasteiger partial charge in [-0.2, -0.15) is 0 Å². The number of aryl methyl sites for hydroxylation is 1. The molecular weight excluding hydrogens is 288 g/mol. The molecule has 0 spiro atoms. The Hall–Kier alpha value is -2.04. The highest BCUT2D eigenvalue weighted by Crippen LogP contribution is 2.23. The molecule has 1 amide bonds. The molecule has 4 nitrogen and oxygen atoms in total. The number of nitrogen functional groups attached to an aromatic ring is 1. The topological polar surface area (TPSA) is 64.3 Å². The first-order valence-corrected chi connectivity index (χ1v) is 7.03. The highest BCUT2D eigenvalue weighted by molar-refractivity contribution is 6.31. The van der Waals surface area contributed by atoms with Crippen LogP contribution in [0.2, 0.25) is 5.02 Å². The second kappa shape index (κ2) is 7.11. The summed E-state index contributed by atoms with van der Waals surface area (Å²) in [5.74, 6) is 5.55. The number of hydrogen-bond donors (Lipinski definition) is 2. The summed E-state index contributed by atoms with van der Waals surface area (Å²) in [5.41, 5.74) is 4.64. The first-order valence-electron chi connectivity index (χ1n) is 6.65. The average molecular weight is 305 g/mol. The number of hydrazine groups is 1. The summed E-state index contributed by atoms with van der Waals surface area (Å²) in [5, 5.41) is 0.752. The molecule has 0 unspecified atom stereocenters. The summed E-state index contributed by atoms with van der Waals surface area (Å²) in [6, 6.07) is 12.7. The molecule has 0 saturated heterocycles. The van der Waals surface area contributed by atoms with Crippen LogP contribution in [0.5, 0.6) is 5.75 Å². The van der Waals surface area contributed by atoms with Crippen LogP contribution in [0.15, 0.2) is 42.5 Å². The van der Waals surface area contributed by atoms with Crippen LogP contribution >= 0.6 is 11.6 Å². The van der Waals surface area contributed by atoms with Crippen molar-refractivity contribution in [2.24, 2.45) is 5.84 Å². The molecule has 0 atom stereocenters. The summed E-state index contributed by atoms with van der Waals surface area (Å²) in [4.78, 5) is 11.3. The second-order valence-electron chi connectivity index (χ2n) is 4.57. The molecule has 0 aromatic heterocycles. The normalized spacial score (nSPS) is 10.2. The molecule has 21 heavy (non-hydrogen) atoms. The third-order valence-corrected chi connectivity index (χ3v) is 3.52. The molecule has 0 fully saturated rings. The lowest BCUT2D eigenvalue weighted by atomic mass is 10.1. The number of carbonyl (C=O) groups is 1. The highest BCUT2D eigenvalue weighted by atomic mass is 35.5. The number of benzene rings is 2. The Labute approximate surface area is 128 Å². The second-order valence-corrected chi connectivity index (χ2v) is 4.97. The van der Waals surface area contributed by atoms with Crippen molar-refractivity contribution in [2.45, 2.75) is 20.0 Å². The summed E-state index contributed by atoms with van der Waals surface area (Å²) in [7, 11) is 0. The predicted molar refractivity (Wildman–Crippen MR) is 83.3 cm³/mol. The maximum Gasteiger partial charge on any atom is 0.265 e. The molecule has 2 aromatic carbocycles. The Kier molecular flexibility index (Phi) is 5.20. The van der Waals surface area contributed by atoms with Gasteiger partial charge in [0.1, 0.15) is 12.4 Å². The number of carbonyl (C=O) groups excluding carboxylic acids is 1. The number of nitrogens with one attached hydrogen (secondary N) is 1. The van der Waals surface area contributed by atoms with Crippen molar-refractivity contribution in [3.8, 4) is 5.75 Å². The predicted octanol–water partition coefficient (Wildman–Crippen LogP) is 3.08. The number of halogens is 1. The van der Waals surface area contributed by atoms with E-state index in [0.717, 1.165) is 28.3 Å². The average Bonchev–Trinajstić information content (AvgIpc) is 2.53. The third kappa shape index (κ3) is 3.97. The summed E-state index contributed by atoms with van der Waals surface area (Å²) >= 11 is 6.07. The molecule has 110 valence electrons. The lowest BCUT2D eigenvalue weighted by molar-refractivity contribution is 0.0953. The molecule has 0 heterocycles. The van der Waals surface area contributed by atoms with Crippen molar-refractivity contribution in [3.63, 3.8) is 0 Å². The number of ether oxygens (including phenoxy) is 1. The standard InChI is InChI=1S/C16H17ClN2O2/c1-2-12-9-14(7-8-15(12)17)21-10-11-3-5-13(6-4-11)16(20)19-18/h3-9H,2,10,18H2,1H3,(H,19,20). The number of amides is 1. The van der Waals surface area contributed by atoms with E-state index in [1.54, 1.807) is 12.1 Å². The molecular formula is C16H17ClN2O2. The van der Waals surface area contributed by atoms with Crippen LogP contribution in [-0.2, 0) is 13.0 Å². The Balaban J connectivity index is 2.01. The zero-order valence-corrected chi connectivity index (χ0v) is 12.5. The van der Waals surface area contributed by atoms with Gasteiger partial charge in [0.05, 0.1) is 0 Å². The van der Waals surface area contributed by atoms with Crippen molar-refractivity contribution in [1.29, 1.82) is 0 Å². The van der Waals surface area contributed by atoms with Gasteiger partial charge in [0.15, 0.2) is 0 Å².